The van der Waals surface area contributed by atoms with E-state index in [9.17, 15) is 13.2 Å². The third kappa shape index (κ3) is 4.95. The van der Waals surface area contributed by atoms with E-state index in [1.165, 1.54) is 4.31 Å². The Labute approximate surface area is 199 Å². The lowest BCUT2D eigenvalue weighted by Crippen LogP contribution is -2.49. The second-order valence-corrected chi connectivity index (χ2v) is 10.3. The first-order chi connectivity index (χ1) is 15.9. The highest BCUT2D eigenvalue weighted by Gasteiger charge is 2.35. The van der Waals surface area contributed by atoms with Crippen LogP contribution in [0.3, 0.4) is 0 Å². The summed E-state index contributed by atoms with van der Waals surface area (Å²) in [4.78, 5) is 19.8. The zero-order valence-electron chi connectivity index (χ0n) is 18.4. The van der Waals surface area contributed by atoms with Crippen molar-refractivity contribution in [1.82, 2.24) is 9.29 Å². The lowest BCUT2D eigenvalue weighted by atomic mass is 10.0. The highest BCUT2D eigenvalue weighted by Crippen LogP contribution is 2.29. The Hall–Kier alpha value is -2.74. The maximum absolute atomic E-state index is 13.5. The summed E-state index contributed by atoms with van der Waals surface area (Å²) in [5.74, 6) is 0.287. The largest absolute Gasteiger partial charge is 0.289 e. The molecule has 0 unspecified atom stereocenters. The van der Waals surface area contributed by atoms with Gasteiger partial charge in [-0.15, -0.1) is 0 Å². The number of sulfonamides is 1. The lowest BCUT2D eigenvalue weighted by molar-refractivity contribution is 0.0967. The van der Waals surface area contributed by atoms with E-state index < -0.39 is 10.0 Å². The summed E-state index contributed by atoms with van der Waals surface area (Å²) in [6, 6.07) is 19.2. The smallest absolute Gasteiger partial charge is 0.261 e. The van der Waals surface area contributed by atoms with Crippen LogP contribution in [0.4, 0.5) is 5.82 Å². The fraction of sp³-hybridized carbons (Fsp3) is 0.280. The quantitative estimate of drug-likeness (QED) is 0.505. The number of nitrogens with zero attached hydrogens (tertiary/aromatic N) is 3. The minimum atomic E-state index is -3.59. The Morgan fingerprint density at radius 2 is 1.70 bits per heavy atom. The van der Waals surface area contributed by atoms with Gasteiger partial charge < -0.3 is 0 Å². The number of rotatable bonds is 6. The number of piperidine rings is 1. The van der Waals surface area contributed by atoms with Crippen molar-refractivity contribution >= 4 is 33.3 Å². The van der Waals surface area contributed by atoms with Crippen LogP contribution >= 0.6 is 11.6 Å². The van der Waals surface area contributed by atoms with E-state index in [1.807, 2.05) is 25.1 Å². The zero-order valence-corrected chi connectivity index (χ0v) is 20.0. The first-order valence-electron chi connectivity index (χ1n) is 11.0. The molecule has 0 saturated carbocycles. The van der Waals surface area contributed by atoms with Gasteiger partial charge in [0.1, 0.15) is 5.82 Å². The highest BCUT2D eigenvalue weighted by molar-refractivity contribution is 7.89. The number of amides is 1. The molecule has 1 saturated heterocycles. The summed E-state index contributed by atoms with van der Waals surface area (Å²) >= 11 is 6.31. The second kappa shape index (κ2) is 10.0. The number of carbonyl (C=O) groups excluding carboxylic acids is 1. The minimum absolute atomic E-state index is 0.197. The number of aromatic nitrogens is 1. The molecule has 2 heterocycles. The summed E-state index contributed by atoms with van der Waals surface area (Å²) in [7, 11) is -3.59. The first-order valence-corrected chi connectivity index (χ1v) is 12.8. The molecule has 0 N–H and O–H groups in total. The standard InChI is InChI=1S/C25H26ClN3O3S/c1-2-19-10-12-21(13-11-19)33(31,32)28-17-14-20(15-18-28)29(24-9-5-6-16-27-24)25(30)22-7-3-4-8-23(22)26/h3-13,16,20H,2,14-15,17-18H2,1H3. The van der Waals surface area contributed by atoms with Crippen LogP contribution < -0.4 is 4.90 Å². The van der Waals surface area contributed by atoms with Crippen LogP contribution in [0.25, 0.3) is 0 Å². The van der Waals surface area contributed by atoms with Gasteiger partial charge in [-0.25, -0.2) is 13.4 Å². The average molecular weight is 484 g/mol. The van der Waals surface area contributed by atoms with Crippen LogP contribution in [0.5, 0.6) is 0 Å². The molecule has 33 heavy (non-hydrogen) atoms. The molecule has 1 aliphatic rings. The topological polar surface area (TPSA) is 70.6 Å². The number of carbonyl (C=O) groups is 1. The molecule has 0 spiro atoms. The number of anilines is 1. The molecule has 0 aliphatic carbocycles. The van der Waals surface area contributed by atoms with Crippen LogP contribution in [0.1, 0.15) is 35.7 Å². The van der Waals surface area contributed by atoms with E-state index in [4.69, 9.17) is 11.6 Å². The van der Waals surface area contributed by atoms with Crippen molar-refractivity contribution in [3.63, 3.8) is 0 Å². The first kappa shape index (κ1) is 23.4. The number of hydrogen-bond acceptors (Lipinski definition) is 4. The molecule has 0 bridgehead atoms. The number of halogens is 1. The number of hydrogen-bond donors (Lipinski definition) is 0. The molecule has 1 aliphatic heterocycles. The maximum Gasteiger partial charge on any atom is 0.261 e. The lowest BCUT2D eigenvalue weighted by Gasteiger charge is -2.37. The third-order valence-electron chi connectivity index (χ3n) is 5.98. The molecular formula is C25H26ClN3O3S. The minimum Gasteiger partial charge on any atom is -0.289 e. The molecule has 4 rings (SSSR count). The van der Waals surface area contributed by atoms with Crippen LogP contribution in [-0.2, 0) is 16.4 Å². The number of pyridine rings is 1. The van der Waals surface area contributed by atoms with Crippen LogP contribution in [0, 0.1) is 0 Å². The Balaban J connectivity index is 1.56. The average Bonchev–Trinajstić information content (AvgIpc) is 2.85. The molecule has 6 nitrogen and oxygen atoms in total. The predicted molar refractivity (Wildman–Crippen MR) is 130 cm³/mol. The molecule has 172 valence electrons. The van der Waals surface area contributed by atoms with Crippen molar-refractivity contribution in [3.05, 3.63) is 89.1 Å². The van der Waals surface area contributed by atoms with Gasteiger partial charge >= 0.3 is 0 Å². The molecule has 1 fully saturated rings. The van der Waals surface area contributed by atoms with Gasteiger partial charge in [0.05, 0.1) is 15.5 Å². The maximum atomic E-state index is 13.5. The Morgan fingerprint density at radius 3 is 2.30 bits per heavy atom. The fourth-order valence-corrected chi connectivity index (χ4v) is 5.79. The molecule has 8 heteroatoms. The van der Waals surface area contributed by atoms with E-state index >= 15 is 0 Å². The van der Waals surface area contributed by atoms with Crippen molar-refractivity contribution in [1.29, 1.82) is 0 Å². The Kier molecular flexibility index (Phi) is 7.12. The Bertz CT molecular complexity index is 1210. The van der Waals surface area contributed by atoms with Crippen molar-refractivity contribution < 1.29 is 13.2 Å². The van der Waals surface area contributed by atoms with Gasteiger partial charge in [-0.2, -0.15) is 4.31 Å². The summed E-state index contributed by atoms with van der Waals surface area (Å²) in [5.41, 5.74) is 1.49. The van der Waals surface area contributed by atoms with Crippen LogP contribution in [0.2, 0.25) is 5.02 Å². The van der Waals surface area contributed by atoms with Gasteiger partial charge in [0.2, 0.25) is 10.0 Å². The predicted octanol–water partition coefficient (Wildman–Crippen LogP) is 4.80. The van der Waals surface area contributed by atoms with Crippen LogP contribution in [0.15, 0.2) is 77.8 Å². The van der Waals surface area contributed by atoms with Gasteiger partial charge in [0, 0.05) is 25.3 Å². The third-order valence-corrected chi connectivity index (χ3v) is 8.22. The van der Waals surface area contributed by atoms with Gasteiger partial charge in [0.25, 0.3) is 5.91 Å². The molecule has 1 aromatic heterocycles. The summed E-state index contributed by atoms with van der Waals surface area (Å²) in [6.07, 6.45) is 3.49. The number of aryl methyl sites for hydroxylation is 1. The van der Waals surface area contributed by atoms with E-state index in [0.717, 1.165) is 12.0 Å². The van der Waals surface area contributed by atoms with Crippen molar-refractivity contribution in [2.45, 2.75) is 37.1 Å². The van der Waals surface area contributed by atoms with Crippen molar-refractivity contribution in [2.75, 3.05) is 18.0 Å². The summed E-state index contributed by atoms with van der Waals surface area (Å²) in [6.45, 7) is 2.68. The van der Waals surface area contributed by atoms with E-state index in [-0.39, 0.29) is 11.9 Å². The highest BCUT2D eigenvalue weighted by atomic mass is 35.5. The fourth-order valence-electron chi connectivity index (χ4n) is 4.10. The van der Waals surface area contributed by atoms with Gasteiger partial charge in [-0.3, -0.25) is 9.69 Å². The van der Waals surface area contributed by atoms with E-state index in [2.05, 4.69) is 4.98 Å². The SMILES string of the molecule is CCc1ccc(S(=O)(=O)N2CCC(N(C(=O)c3ccccc3Cl)c3ccccn3)CC2)cc1. The van der Waals surface area contributed by atoms with Gasteiger partial charge in [-0.05, 0) is 61.2 Å². The van der Waals surface area contributed by atoms with Gasteiger partial charge in [-0.1, -0.05) is 48.9 Å². The van der Waals surface area contributed by atoms with Crippen molar-refractivity contribution in [2.24, 2.45) is 0 Å². The molecular weight excluding hydrogens is 458 g/mol. The molecule has 3 aromatic rings. The van der Waals surface area contributed by atoms with Crippen molar-refractivity contribution in [3.8, 4) is 0 Å². The van der Waals surface area contributed by atoms with Crippen LogP contribution in [-0.4, -0.2) is 42.7 Å². The molecule has 1 amide bonds. The van der Waals surface area contributed by atoms with Gasteiger partial charge in [0.15, 0.2) is 0 Å². The molecule has 0 radical (unpaired) electrons. The normalized spacial score (nSPS) is 15.3. The molecule has 2 aromatic carbocycles. The Morgan fingerprint density at radius 1 is 1.03 bits per heavy atom. The zero-order chi connectivity index (χ0) is 23.4. The number of benzene rings is 2. The van der Waals surface area contributed by atoms with E-state index in [1.54, 1.807) is 59.6 Å². The molecule has 0 atom stereocenters. The second-order valence-electron chi connectivity index (χ2n) is 7.98. The summed E-state index contributed by atoms with van der Waals surface area (Å²) in [5, 5.41) is 0.374. The summed E-state index contributed by atoms with van der Waals surface area (Å²) < 4.78 is 27.8. The van der Waals surface area contributed by atoms with E-state index in [0.29, 0.717) is 47.2 Å². The monoisotopic (exact) mass is 483 g/mol.